The van der Waals surface area contributed by atoms with E-state index in [1.807, 2.05) is 34.2 Å². The summed E-state index contributed by atoms with van der Waals surface area (Å²) in [6, 6.07) is 27.5. The molecule has 0 spiro atoms. The predicted octanol–water partition coefficient (Wildman–Crippen LogP) is 7.04. The van der Waals surface area contributed by atoms with Crippen molar-refractivity contribution in [3.05, 3.63) is 136 Å². The summed E-state index contributed by atoms with van der Waals surface area (Å²) in [5.74, 6) is -1.15. The van der Waals surface area contributed by atoms with Crippen molar-refractivity contribution in [1.82, 2.24) is 9.72 Å². The molecule has 3 aromatic carbocycles. The van der Waals surface area contributed by atoms with E-state index in [9.17, 15) is 9.59 Å². The first-order valence-electron chi connectivity index (χ1n) is 12.3. The van der Waals surface area contributed by atoms with Gasteiger partial charge in [0, 0.05) is 18.9 Å². The fourth-order valence-corrected chi connectivity index (χ4v) is 5.50. The molecule has 0 saturated carbocycles. The van der Waals surface area contributed by atoms with Crippen LogP contribution in [0.4, 0.5) is 0 Å². The third kappa shape index (κ3) is 4.69. The number of fused-ring (bicyclic) bond motifs is 2. The minimum Gasteiger partial charge on any atom is -0.478 e. The number of pyridine rings is 1. The highest BCUT2D eigenvalue weighted by Gasteiger charge is 2.17. The van der Waals surface area contributed by atoms with Crippen LogP contribution < -0.4 is 5.32 Å². The number of carbonyl (C=O) groups is 2. The third-order valence-corrected chi connectivity index (χ3v) is 7.48. The highest BCUT2D eigenvalue weighted by molar-refractivity contribution is 7.08. The zero-order chi connectivity index (χ0) is 26.1. The number of nitrogens with one attached hydrogen (secondary N) is 1. The van der Waals surface area contributed by atoms with Gasteiger partial charge in [0.15, 0.2) is 0 Å². The Hall–Kier alpha value is -4.68. The quantitative estimate of drug-likeness (QED) is 0.239. The molecule has 0 atom stereocenters. The molecule has 0 aliphatic carbocycles. The molecule has 1 amide bonds. The topological polar surface area (TPSA) is 70.8 Å². The van der Waals surface area contributed by atoms with E-state index >= 15 is 0 Å². The van der Waals surface area contributed by atoms with Gasteiger partial charge >= 0.3 is 5.97 Å². The number of amides is 1. The molecule has 6 rings (SSSR count). The van der Waals surface area contributed by atoms with Crippen molar-refractivity contribution in [2.45, 2.75) is 13.0 Å². The first-order valence-corrected chi connectivity index (χ1v) is 13.2. The smallest absolute Gasteiger partial charge is 0.335 e. The normalized spacial score (nSPS) is 11.2. The Morgan fingerprint density at radius 2 is 1.63 bits per heavy atom. The monoisotopic (exact) mass is 516 g/mol. The van der Waals surface area contributed by atoms with Gasteiger partial charge in [-0.1, -0.05) is 54.6 Å². The molecule has 0 bridgehead atoms. The number of aromatic nitrogens is 1. The van der Waals surface area contributed by atoms with Crippen molar-refractivity contribution >= 4 is 39.5 Å². The SMILES string of the molecule is O=C(O)c1ccc(CNC(=O)c2cc(-c3ccsc3)cn3ccc(Cc4ccc5ccccc5c4)c23)cc1. The molecule has 186 valence electrons. The lowest BCUT2D eigenvalue weighted by molar-refractivity contribution is 0.0696. The van der Waals surface area contributed by atoms with E-state index in [0.29, 0.717) is 18.5 Å². The standard InChI is InChI=1S/C32H24N2O3S/c35-31(33-18-21-5-9-24(10-6-21)32(36)37)29-17-28(27-12-14-38-20-27)19-34-13-11-26(30(29)34)16-22-7-8-23-3-1-2-4-25(23)15-22/h1-15,17,19-20H,16,18H2,(H,33,35)(H,36,37). The fraction of sp³-hybridized carbons (Fsp3) is 0.0625. The second-order valence-electron chi connectivity index (χ2n) is 9.29. The zero-order valence-corrected chi connectivity index (χ0v) is 21.2. The summed E-state index contributed by atoms with van der Waals surface area (Å²) < 4.78 is 2.04. The van der Waals surface area contributed by atoms with Crippen LogP contribution in [0, 0.1) is 0 Å². The molecule has 0 unspecified atom stereocenters. The van der Waals surface area contributed by atoms with Crippen molar-refractivity contribution in [2.24, 2.45) is 0 Å². The maximum Gasteiger partial charge on any atom is 0.335 e. The summed E-state index contributed by atoms with van der Waals surface area (Å²) in [6.45, 7) is 0.300. The number of hydrogen-bond acceptors (Lipinski definition) is 3. The summed E-state index contributed by atoms with van der Waals surface area (Å²) in [4.78, 5) is 24.7. The van der Waals surface area contributed by atoms with E-state index in [4.69, 9.17) is 5.11 Å². The average molecular weight is 517 g/mol. The molecular weight excluding hydrogens is 492 g/mol. The summed E-state index contributed by atoms with van der Waals surface area (Å²) in [5.41, 5.74) is 6.85. The Labute approximate surface area is 223 Å². The first kappa shape index (κ1) is 23.7. The van der Waals surface area contributed by atoms with Gasteiger partial charge in [-0.3, -0.25) is 4.79 Å². The van der Waals surface area contributed by atoms with Crippen LogP contribution in [0.15, 0.2) is 108 Å². The molecule has 0 radical (unpaired) electrons. The van der Waals surface area contributed by atoms with E-state index in [-0.39, 0.29) is 11.5 Å². The van der Waals surface area contributed by atoms with Gasteiger partial charge in [-0.2, -0.15) is 11.3 Å². The van der Waals surface area contributed by atoms with Gasteiger partial charge in [0.2, 0.25) is 0 Å². The largest absolute Gasteiger partial charge is 0.478 e. The maximum atomic E-state index is 13.6. The van der Waals surface area contributed by atoms with Crippen LogP contribution >= 0.6 is 11.3 Å². The second-order valence-corrected chi connectivity index (χ2v) is 10.1. The fourth-order valence-electron chi connectivity index (χ4n) is 4.83. The Morgan fingerprint density at radius 1 is 0.842 bits per heavy atom. The Morgan fingerprint density at radius 3 is 2.39 bits per heavy atom. The van der Waals surface area contributed by atoms with Gasteiger partial charge in [0.05, 0.1) is 16.6 Å². The van der Waals surface area contributed by atoms with E-state index in [1.54, 1.807) is 35.6 Å². The molecular formula is C32H24N2O3S. The summed E-state index contributed by atoms with van der Waals surface area (Å²) in [7, 11) is 0. The minimum absolute atomic E-state index is 0.173. The molecule has 3 aromatic heterocycles. The lowest BCUT2D eigenvalue weighted by Crippen LogP contribution is -2.23. The van der Waals surface area contributed by atoms with E-state index < -0.39 is 5.97 Å². The molecule has 3 heterocycles. The van der Waals surface area contributed by atoms with Crippen LogP contribution in [0.5, 0.6) is 0 Å². The van der Waals surface area contributed by atoms with Crippen LogP contribution in [0.1, 0.15) is 37.4 Å². The van der Waals surface area contributed by atoms with E-state index in [1.165, 1.54) is 16.3 Å². The number of carboxylic acids is 1. The number of benzene rings is 3. The summed E-state index contributed by atoms with van der Waals surface area (Å²) in [5, 5.41) is 18.7. The lowest BCUT2D eigenvalue weighted by Gasteiger charge is -2.12. The third-order valence-electron chi connectivity index (χ3n) is 6.79. The highest BCUT2D eigenvalue weighted by atomic mass is 32.1. The van der Waals surface area contributed by atoms with Gasteiger partial charge in [0.25, 0.3) is 5.91 Å². The Bertz CT molecular complexity index is 1780. The molecule has 0 aliphatic heterocycles. The number of hydrogen-bond donors (Lipinski definition) is 2. The molecule has 6 heteroatoms. The summed E-state index contributed by atoms with van der Waals surface area (Å²) in [6.07, 6.45) is 4.79. The van der Waals surface area contributed by atoms with Gasteiger partial charge in [0.1, 0.15) is 0 Å². The number of carboxylic acid groups (broad SMARTS) is 1. The van der Waals surface area contributed by atoms with Crippen LogP contribution in [-0.4, -0.2) is 21.4 Å². The lowest BCUT2D eigenvalue weighted by atomic mass is 9.99. The van der Waals surface area contributed by atoms with E-state index in [2.05, 4.69) is 59.4 Å². The Balaban J connectivity index is 1.35. The van der Waals surface area contributed by atoms with Crippen molar-refractivity contribution in [2.75, 3.05) is 0 Å². The van der Waals surface area contributed by atoms with Crippen LogP contribution in [0.25, 0.3) is 27.4 Å². The molecule has 0 saturated heterocycles. The molecule has 5 nitrogen and oxygen atoms in total. The van der Waals surface area contributed by atoms with Crippen molar-refractivity contribution in [3.63, 3.8) is 0 Å². The van der Waals surface area contributed by atoms with Crippen molar-refractivity contribution < 1.29 is 14.7 Å². The predicted molar refractivity (Wildman–Crippen MR) is 152 cm³/mol. The van der Waals surface area contributed by atoms with Crippen LogP contribution in [0.3, 0.4) is 0 Å². The van der Waals surface area contributed by atoms with Crippen molar-refractivity contribution in [1.29, 1.82) is 0 Å². The maximum absolute atomic E-state index is 13.6. The number of carbonyl (C=O) groups excluding carboxylic acids is 1. The van der Waals surface area contributed by atoms with Crippen LogP contribution in [-0.2, 0) is 13.0 Å². The summed E-state index contributed by atoms with van der Waals surface area (Å²) >= 11 is 1.62. The van der Waals surface area contributed by atoms with Gasteiger partial charge < -0.3 is 14.8 Å². The van der Waals surface area contributed by atoms with Gasteiger partial charge in [-0.05, 0) is 86.1 Å². The second kappa shape index (κ2) is 10.00. The number of rotatable bonds is 7. The Kier molecular flexibility index (Phi) is 6.23. The average Bonchev–Trinajstić information content (AvgIpc) is 3.62. The van der Waals surface area contributed by atoms with E-state index in [0.717, 1.165) is 27.8 Å². The number of aromatic carboxylic acids is 1. The first-order chi connectivity index (χ1) is 18.5. The number of thiophene rings is 1. The van der Waals surface area contributed by atoms with Crippen molar-refractivity contribution in [3.8, 4) is 11.1 Å². The molecule has 2 N–H and O–H groups in total. The van der Waals surface area contributed by atoms with Gasteiger partial charge in [-0.15, -0.1) is 0 Å². The molecule has 0 aliphatic rings. The molecule has 6 aromatic rings. The molecule has 38 heavy (non-hydrogen) atoms. The molecule has 0 fully saturated rings. The number of nitrogens with zero attached hydrogens (tertiary/aromatic N) is 1. The zero-order valence-electron chi connectivity index (χ0n) is 20.4. The minimum atomic E-state index is -0.972. The highest BCUT2D eigenvalue weighted by Crippen LogP contribution is 2.29. The van der Waals surface area contributed by atoms with Gasteiger partial charge in [-0.25, -0.2) is 4.79 Å². The van der Waals surface area contributed by atoms with Crippen LogP contribution in [0.2, 0.25) is 0 Å².